The third kappa shape index (κ3) is 15.8. The molecule has 10 N–H and O–H groups in total. The van der Waals surface area contributed by atoms with Gasteiger partial charge in [0.05, 0.1) is 44.2 Å². The first-order chi connectivity index (χ1) is 34.1. The van der Waals surface area contributed by atoms with Crippen molar-refractivity contribution in [3.8, 4) is 0 Å². The van der Waals surface area contributed by atoms with E-state index in [-0.39, 0.29) is 0 Å². The van der Waals surface area contributed by atoms with Crippen molar-refractivity contribution in [1.82, 2.24) is 0 Å². The van der Waals surface area contributed by atoms with Crippen LogP contribution >= 0.6 is 0 Å². The van der Waals surface area contributed by atoms with Crippen LogP contribution in [0.2, 0.25) is 0 Å². The van der Waals surface area contributed by atoms with E-state index in [1.807, 2.05) is 0 Å². The minimum atomic E-state index is -5.62. The standard InChI is InChI=1S/C35H59NO34S4/c1-10-11(2)32(67-26-22(41)27(70-74(54,55)56)35(69-29(26)36-44)65-24-17(9-60-73(51,52)53)62-31(57-6)13(4)19(24)38)63-16(8-59-72(48,49)50)23(10)64-34-14(5)20(39)25(28(68-34)30(42)43)66-33-12(3)18(37)21(40)15(61-33)7-58-71(45,46)47/h10-29,31-35,37-41H,7-9H2,1-6H3,(H,42,43)(H,45,46,47)(H,48,49,50)(H,51,52,53)(H,54,55,56)/t10-,11?,12?,13?,14?,15?,16?,17?,18-,19-,20-,21-,22?,23+,24-,25+,26+,27?,28?,29-,31+,32-,33-,34-,35-/m1/s1. The van der Waals surface area contributed by atoms with E-state index in [4.69, 9.17) is 51.9 Å². The van der Waals surface area contributed by atoms with Crippen LogP contribution in [0.25, 0.3) is 0 Å². The molecule has 0 aromatic heterocycles. The van der Waals surface area contributed by atoms with Crippen LogP contribution in [0.3, 0.4) is 0 Å². The quantitative estimate of drug-likeness (QED) is 0.0359. The topological polar surface area (TPSA) is 515 Å². The SMILES string of the molecule is CO[C@H]1OC(COS(=O)(=O)O)[C@@H](O[C@@H]2O[C@@H](N=O)[C@@H](O[C@H]3OC(COS(=O)(=O)O)[C@@H](O[C@@H]4OC(C(=O)O)[C@@H](O[C@H]5OC(COS(=O)(=O)O)[C@@H](O)[C@H](O)C5C)[C@H](O)C4C)[C@H](C)C3C)C(O)C2OS(=O)(=O)O)[C@H](O)C1C. The number of nitrogens with zero attached hydrogens (tertiary/aromatic N) is 1. The molecule has 5 heterocycles. The third-order valence-electron chi connectivity index (χ3n) is 12.9. The fourth-order valence-corrected chi connectivity index (χ4v) is 10.1. The molecule has 0 saturated carbocycles. The number of carbonyl (C=O) groups is 1. The molecule has 74 heavy (non-hydrogen) atoms. The molecule has 35 nitrogen and oxygen atoms in total. The fourth-order valence-electron chi connectivity index (χ4n) is 8.71. The number of hydrogen-bond donors (Lipinski definition) is 10. The van der Waals surface area contributed by atoms with Gasteiger partial charge < -0.3 is 78.0 Å². The Morgan fingerprint density at radius 3 is 1.39 bits per heavy atom. The van der Waals surface area contributed by atoms with Crippen molar-refractivity contribution < 1.29 is 151 Å². The van der Waals surface area contributed by atoms with Gasteiger partial charge in [0, 0.05) is 30.8 Å². The average Bonchev–Trinajstić information content (AvgIpc) is 3.29. The zero-order valence-corrected chi connectivity index (χ0v) is 42.7. The van der Waals surface area contributed by atoms with Gasteiger partial charge in [0.15, 0.2) is 43.7 Å². The van der Waals surface area contributed by atoms with Crippen molar-refractivity contribution in [2.75, 3.05) is 26.9 Å². The second-order valence-corrected chi connectivity index (χ2v) is 22.2. The maximum atomic E-state index is 12.7. The zero-order valence-electron chi connectivity index (χ0n) is 39.4. The lowest BCUT2D eigenvalue weighted by molar-refractivity contribution is -0.375. The summed E-state index contributed by atoms with van der Waals surface area (Å²) in [4.78, 5) is 25.1. The Morgan fingerprint density at radius 1 is 0.459 bits per heavy atom. The molecular weight excluding hydrogens is 1110 g/mol. The summed E-state index contributed by atoms with van der Waals surface area (Å²) in [5, 5.41) is 68.5. The summed E-state index contributed by atoms with van der Waals surface area (Å²) in [5.41, 5.74) is 0. The summed E-state index contributed by atoms with van der Waals surface area (Å²) in [6, 6.07) is 0. The number of nitroso groups, excluding NO2 is 1. The van der Waals surface area contributed by atoms with Gasteiger partial charge in [-0.15, -0.1) is 4.91 Å². The van der Waals surface area contributed by atoms with Gasteiger partial charge in [-0.1, -0.05) is 34.6 Å². The average molecular weight is 1170 g/mol. The Hall–Kier alpha value is -2.05. The molecule has 5 aliphatic rings. The first-order valence-corrected chi connectivity index (χ1v) is 27.4. The Labute approximate surface area is 422 Å². The van der Waals surface area contributed by atoms with Crippen LogP contribution in [0.15, 0.2) is 5.18 Å². The van der Waals surface area contributed by atoms with Crippen molar-refractivity contribution in [2.24, 2.45) is 34.8 Å². The summed E-state index contributed by atoms with van der Waals surface area (Å²) >= 11 is 0. The molecule has 10 unspecified atom stereocenters. The first-order valence-electron chi connectivity index (χ1n) is 21.9. The highest BCUT2D eigenvalue weighted by Crippen LogP contribution is 2.41. The lowest BCUT2D eigenvalue weighted by Crippen LogP contribution is -2.65. The highest BCUT2D eigenvalue weighted by molar-refractivity contribution is 7.81. The summed E-state index contributed by atoms with van der Waals surface area (Å²) in [6.45, 7) is 3.49. The number of ether oxygens (including phenoxy) is 10. The minimum Gasteiger partial charge on any atom is -0.479 e. The smallest absolute Gasteiger partial charge is 0.397 e. The van der Waals surface area contributed by atoms with Crippen molar-refractivity contribution in [3.05, 3.63) is 4.91 Å². The lowest BCUT2D eigenvalue weighted by Gasteiger charge is -2.50. The van der Waals surface area contributed by atoms with E-state index in [0.29, 0.717) is 0 Å². The van der Waals surface area contributed by atoms with Gasteiger partial charge in [-0.25, -0.2) is 21.5 Å². The van der Waals surface area contributed by atoms with E-state index in [0.717, 1.165) is 7.11 Å². The van der Waals surface area contributed by atoms with E-state index in [1.165, 1.54) is 34.6 Å². The third-order valence-corrected chi connectivity index (χ3v) is 14.7. The second-order valence-electron chi connectivity index (χ2n) is 17.9. The van der Waals surface area contributed by atoms with Crippen LogP contribution in [0.1, 0.15) is 34.6 Å². The molecule has 0 aromatic rings. The van der Waals surface area contributed by atoms with Crippen LogP contribution < -0.4 is 0 Å². The lowest BCUT2D eigenvalue weighted by atomic mass is 9.84. The summed E-state index contributed by atoms with van der Waals surface area (Å²) in [5.74, 6) is -7.41. The van der Waals surface area contributed by atoms with E-state index >= 15 is 0 Å². The van der Waals surface area contributed by atoms with E-state index in [1.54, 1.807) is 0 Å². The number of aliphatic hydroxyl groups is 5. The summed E-state index contributed by atoms with van der Waals surface area (Å²) in [6.07, 6.45) is -37.9. The van der Waals surface area contributed by atoms with Crippen molar-refractivity contribution in [2.45, 2.75) is 158 Å². The molecule has 25 atom stereocenters. The highest BCUT2D eigenvalue weighted by Gasteiger charge is 2.57. The largest absolute Gasteiger partial charge is 0.479 e. The zero-order chi connectivity index (χ0) is 55.7. The van der Waals surface area contributed by atoms with Gasteiger partial charge in [0.1, 0.15) is 48.8 Å². The number of methoxy groups -OCH3 is 1. The van der Waals surface area contributed by atoms with Crippen LogP contribution in [0.5, 0.6) is 0 Å². The van der Waals surface area contributed by atoms with Crippen LogP contribution in [-0.4, -0.2) is 239 Å². The van der Waals surface area contributed by atoms with E-state index < -0.39 is 220 Å². The predicted octanol–water partition coefficient (Wildman–Crippen LogP) is -4.76. The predicted molar refractivity (Wildman–Crippen MR) is 228 cm³/mol. The Balaban J connectivity index is 1.38. The van der Waals surface area contributed by atoms with E-state index in [9.17, 15) is 87.7 Å². The van der Waals surface area contributed by atoms with E-state index in [2.05, 4.69) is 21.9 Å². The number of aliphatic carboxylic acids is 1. The van der Waals surface area contributed by atoms with Gasteiger partial charge >= 0.3 is 47.6 Å². The molecule has 5 rings (SSSR count). The summed E-state index contributed by atoms with van der Waals surface area (Å²) in [7, 11) is -20.0. The van der Waals surface area contributed by atoms with Gasteiger partial charge in [0.2, 0.25) is 6.23 Å². The van der Waals surface area contributed by atoms with Gasteiger partial charge in [-0.2, -0.15) is 33.7 Å². The fraction of sp³-hybridized carbons (Fsp3) is 0.971. The number of hydrogen-bond acceptors (Lipinski definition) is 30. The van der Waals surface area contributed by atoms with Gasteiger partial charge in [0.25, 0.3) is 0 Å². The Morgan fingerprint density at radius 2 is 0.878 bits per heavy atom. The van der Waals surface area contributed by atoms with Crippen LogP contribution in [0.4, 0.5) is 0 Å². The maximum absolute atomic E-state index is 12.7. The van der Waals surface area contributed by atoms with Gasteiger partial charge in [-0.05, 0) is 11.1 Å². The Bertz CT molecular complexity index is 2350. The maximum Gasteiger partial charge on any atom is 0.397 e. The molecule has 5 saturated heterocycles. The minimum absolute atomic E-state index is 1.03. The summed E-state index contributed by atoms with van der Waals surface area (Å²) < 4.78 is 206. The molecule has 0 amide bonds. The second kappa shape index (κ2) is 25.0. The van der Waals surface area contributed by atoms with Crippen molar-refractivity contribution >= 4 is 47.6 Å². The molecule has 0 bridgehead atoms. The molecule has 39 heteroatoms. The molecule has 0 spiro atoms. The molecular formula is C35H59NO34S4. The van der Waals surface area contributed by atoms with Crippen molar-refractivity contribution in [1.29, 1.82) is 0 Å². The molecule has 5 aliphatic heterocycles. The molecule has 0 aromatic carbocycles. The number of carboxylic acids is 1. The number of aliphatic hydroxyl groups excluding tert-OH is 5. The first kappa shape index (κ1) is 62.8. The molecule has 0 radical (unpaired) electrons. The Kier molecular flexibility index (Phi) is 21.2. The van der Waals surface area contributed by atoms with Crippen LogP contribution in [-0.2, 0) is 110 Å². The van der Waals surface area contributed by atoms with Crippen molar-refractivity contribution in [3.63, 3.8) is 0 Å². The molecule has 5 fully saturated rings. The monoisotopic (exact) mass is 1170 g/mol. The molecule has 0 aliphatic carbocycles. The highest BCUT2D eigenvalue weighted by atomic mass is 32.3. The van der Waals surface area contributed by atoms with Crippen LogP contribution in [0, 0.1) is 34.5 Å². The number of rotatable bonds is 22. The number of carboxylic acid groups (broad SMARTS) is 1. The molecule has 432 valence electrons. The van der Waals surface area contributed by atoms with Gasteiger partial charge in [-0.3, -0.25) is 18.2 Å². The normalized spacial score (nSPS) is 43.9.